The summed E-state index contributed by atoms with van der Waals surface area (Å²) in [5.74, 6) is 1.11. The summed E-state index contributed by atoms with van der Waals surface area (Å²) < 4.78 is 68.9. The molecule has 17 nitrogen and oxygen atoms in total. The van der Waals surface area contributed by atoms with Gasteiger partial charge in [0.25, 0.3) is 0 Å². The molecule has 0 spiro atoms. The molecule has 0 amide bonds. The molecule has 0 aromatic rings. The molecule has 0 aromatic carbocycles. The van der Waals surface area contributed by atoms with Gasteiger partial charge in [-0.2, -0.15) is 0 Å². The molecule has 3 N–H and O–H groups in total. The average Bonchev–Trinajstić information content (AvgIpc) is 0.913. The third kappa shape index (κ3) is 77.2. The Morgan fingerprint density at radius 1 is 0.267 bits per heavy atom. The van der Waals surface area contributed by atoms with Crippen LogP contribution in [-0.2, 0) is 65.4 Å². The van der Waals surface area contributed by atoms with Gasteiger partial charge in [-0.3, -0.25) is 37.3 Å². The number of phosphoric acid groups is 2. The summed E-state index contributed by atoms with van der Waals surface area (Å²) in [6.07, 6.45) is 63.8. The molecule has 7 atom stereocenters. The van der Waals surface area contributed by atoms with Gasteiger partial charge in [-0.15, -0.1) is 0 Å². The van der Waals surface area contributed by atoms with Gasteiger partial charge in [0.1, 0.15) is 19.3 Å². The normalized spacial score (nSPS) is 14.4. The first-order valence-electron chi connectivity index (χ1n) is 44.3. The summed E-state index contributed by atoms with van der Waals surface area (Å²) >= 11 is 0. The predicted octanol–water partition coefficient (Wildman–Crippen LogP) is 25.9. The zero-order valence-electron chi connectivity index (χ0n) is 69.4. The molecule has 624 valence electrons. The summed E-state index contributed by atoms with van der Waals surface area (Å²) in [5, 5.41) is 10.7. The molecule has 0 aliphatic heterocycles. The molecule has 0 aliphatic rings. The van der Waals surface area contributed by atoms with Crippen LogP contribution in [-0.4, -0.2) is 96.7 Å². The molecular formula is C86H168O17P2. The van der Waals surface area contributed by atoms with Gasteiger partial charge in [0.05, 0.1) is 26.4 Å². The van der Waals surface area contributed by atoms with Crippen LogP contribution < -0.4 is 0 Å². The van der Waals surface area contributed by atoms with E-state index in [4.69, 9.17) is 37.0 Å². The van der Waals surface area contributed by atoms with Gasteiger partial charge >= 0.3 is 39.5 Å². The Morgan fingerprint density at radius 3 is 0.676 bits per heavy atom. The average molecular weight is 1540 g/mol. The number of carbonyl (C=O) groups is 4. The van der Waals surface area contributed by atoms with E-state index in [0.29, 0.717) is 25.7 Å². The van der Waals surface area contributed by atoms with Gasteiger partial charge in [-0.25, -0.2) is 9.13 Å². The second-order valence-corrected chi connectivity index (χ2v) is 35.3. The van der Waals surface area contributed by atoms with Crippen molar-refractivity contribution in [2.24, 2.45) is 23.7 Å². The fourth-order valence-electron chi connectivity index (χ4n) is 13.3. The maximum Gasteiger partial charge on any atom is 0.472 e. The van der Waals surface area contributed by atoms with Crippen molar-refractivity contribution in [1.82, 2.24) is 0 Å². The Morgan fingerprint density at radius 2 is 0.457 bits per heavy atom. The molecule has 0 saturated heterocycles. The molecular weight excluding hydrogens is 1370 g/mol. The minimum Gasteiger partial charge on any atom is -0.462 e. The minimum atomic E-state index is -4.97. The number of esters is 4. The quantitative estimate of drug-likeness (QED) is 0.0222. The largest absolute Gasteiger partial charge is 0.472 e. The Kier molecular flexibility index (Phi) is 73.4. The van der Waals surface area contributed by atoms with Crippen molar-refractivity contribution in [3.8, 4) is 0 Å². The Labute approximate surface area is 645 Å². The zero-order chi connectivity index (χ0) is 77.4. The summed E-state index contributed by atoms with van der Waals surface area (Å²) in [5.41, 5.74) is 0. The Bertz CT molecular complexity index is 2050. The van der Waals surface area contributed by atoms with Crippen molar-refractivity contribution < 1.29 is 80.2 Å². The number of carbonyl (C=O) groups excluding carboxylic acids is 4. The van der Waals surface area contributed by atoms with Gasteiger partial charge in [0.15, 0.2) is 12.2 Å². The summed E-state index contributed by atoms with van der Waals surface area (Å²) in [6.45, 7) is 14.4. The van der Waals surface area contributed by atoms with E-state index in [9.17, 15) is 43.2 Å². The van der Waals surface area contributed by atoms with Gasteiger partial charge < -0.3 is 33.8 Å². The van der Waals surface area contributed by atoms with Crippen molar-refractivity contribution in [3.05, 3.63) is 0 Å². The van der Waals surface area contributed by atoms with Crippen molar-refractivity contribution in [2.75, 3.05) is 39.6 Å². The number of aliphatic hydroxyl groups excluding tert-OH is 1. The van der Waals surface area contributed by atoms with Crippen LogP contribution in [0.3, 0.4) is 0 Å². The Hall–Kier alpha value is -1.94. The molecule has 0 rings (SSSR count). The standard InChI is InChI=1S/C86H168O17P2/c1-9-78(7)64-56-48-40-32-23-19-15-13-11-12-14-16-22-26-35-44-52-60-68-85(90)102-81(72-96-83(88)66-58-50-42-34-25-21-18-17-20-24-33-41-49-57-65-79(8)10-2)74-100-104(92,93)98-70-80(87)71-99-105(94,95)101-75-82(73-97-84(89)67-59-51-43-37-29-31-39-47-55-63-77(5)6)103-86(91)69-61-53-45-36-28-27-30-38-46-54-62-76(3)4/h76-82,87H,9-75H2,1-8H3,(H,92,93)(H,94,95)/t78?,79?,80-,81-,82-/m1/s1. The lowest BCUT2D eigenvalue weighted by molar-refractivity contribution is -0.161. The monoisotopic (exact) mass is 1540 g/mol. The number of phosphoric ester groups is 2. The van der Waals surface area contributed by atoms with Crippen molar-refractivity contribution in [1.29, 1.82) is 0 Å². The first-order valence-corrected chi connectivity index (χ1v) is 47.3. The van der Waals surface area contributed by atoms with Crippen LogP contribution in [0.2, 0.25) is 0 Å². The molecule has 0 aromatic heterocycles. The third-order valence-corrected chi connectivity index (χ3v) is 22.7. The van der Waals surface area contributed by atoms with Crippen molar-refractivity contribution in [2.45, 2.75) is 465 Å². The fourth-order valence-corrected chi connectivity index (χ4v) is 14.8. The number of aliphatic hydroxyl groups is 1. The molecule has 0 heterocycles. The predicted molar refractivity (Wildman–Crippen MR) is 432 cm³/mol. The van der Waals surface area contributed by atoms with E-state index < -0.39 is 97.5 Å². The van der Waals surface area contributed by atoms with Crippen LogP contribution in [0.4, 0.5) is 0 Å². The molecule has 0 radical (unpaired) electrons. The highest BCUT2D eigenvalue weighted by Crippen LogP contribution is 2.45. The number of hydrogen-bond donors (Lipinski definition) is 3. The summed E-state index contributed by atoms with van der Waals surface area (Å²) in [7, 11) is -9.93. The molecule has 0 fully saturated rings. The Balaban J connectivity index is 5.24. The molecule has 4 unspecified atom stereocenters. The topological polar surface area (TPSA) is 237 Å². The molecule has 19 heteroatoms. The van der Waals surface area contributed by atoms with Gasteiger partial charge in [-0.1, -0.05) is 396 Å². The summed E-state index contributed by atoms with van der Waals surface area (Å²) in [6, 6.07) is 0. The molecule has 105 heavy (non-hydrogen) atoms. The fraction of sp³-hybridized carbons (Fsp3) is 0.953. The minimum absolute atomic E-state index is 0.105. The van der Waals surface area contributed by atoms with Crippen LogP contribution in [0.1, 0.15) is 447 Å². The first kappa shape index (κ1) is 103. The number of ether oxygens (including phenoxy) is 4. The maximum absolute atomic E-state index is 13.2. The van der Waals surface area contributed by atoms with Crippen LogP contribution in [0.5, 0.6) is 0 Å². The summed E-state index contributed by atoms with van der Waals surface area (Å²) in [4.78, 5) is 73.2. The SMILES string of the molecule is CCC(C)CCCCCCCCCCCCCCCCCCCCC(=O)O[C@H](COC(=O)CCCCCCCCCCCCCCCCC(C)CC)COP(=O)(O)OC[C@@H](O)COP(=O)(O)OC[C@@H](COC(=O)CCCCCCCCCCCC(C)C)OC(=O)CCCCCCCCCCCCC(C)C. The van der Waals surface area contributed by atoms with Crippen LogP contribution >= 0.6 is 15.6 Å². The first-order chi connectivity index (χ1) is 50.7. The third-order valence-electron chi connectivity index (χ3n) is 20.8. The lowest BCUT2D eigenvalue weighted by Crippen LogP contribution is -2.30. The van der Waals surface area contributed by atoms with E-state index in [1.807, 2.05) is 0 Å². The van der Waals surface area contributed by atoms with E-state index >= 15 is 0 Å². The van der Waals surface area contributed by atoms with Crippen molar-refractivity contribution in [3.63, 3.8) is 0 Å². The van der Waals surface area contributed by atoms with Gasteiger partial charge in [0, 0.05) is 25.7 Å². The highest BCUT2D eigenvalue weighted by Gasteiger charge is 2.31. The van der Waals surface area contributed by atoms with Crippen molar-refractivity contribution >= 4 is 39.5 Å². The van der Waals surface area contributed by atoms with E-state index in [1.54, 1.807) is 0 Å². The van der Waals surface area contributed by atoms with E-state index in [2.05, 4.69) is 55.4 Å². The van der Waals surface area contributed by atoms with Crippen LogP contribution in [0.25, 0.3) is 0 Å². The zero-order valence-corrected chi connectivity index (χ0v) is 71.2. The second-order valence-electron chi connectivity index (χ2n) is 32.4. The lowest BCUT2D eigenvalue weighted by Gasteiger charge is -2.21. The highest BCUT2D eigenvalue weighted by molar-refractivity contribution is 7.47. The van der Waals surface area contributed by atoms with Gasteiger partial charge in [-0.05, 0) is 49.4 Å². The van der Waals surface area contributed by atoms with E-state index in [0.717, 1.165) is 114 Å². The van der Waals surface area contributed by atoms with E-state index in [-0.39, 0.29) is 25.7 Å². The number of unbranched alkanes of at least 4 members (excludes halogenated alkanes) is 47. The molecule has 0 bridgehead atoms. The number of rotatable bonds is 83. The van der Waals surface area contributed by atoms with Crippen LogP contribution in [0.15, 0.2) is 0 Å². The lowest BCUT2D eigenvalue weighted by atomic mass is 9.99. The van der Waals surface area contributed by atoms with E-state index in [1.165, 1.54) is 250 Å². The number of hydrogen-bond acceptors (Lipinski definition) is 15. The van der Waals surface area contributed by atoms with Gasteiger partial charge in [0.2, 0.25) is 0 Å². The smallest absolute Gasteiger partial charge is 0.462 e. The highest BCUT2D eigenvalue weighted by atomic mass is 31.2. The molecule has 0 aliphatic carbocycles. The maximum atomic E-state index is 13.2. The van der Waals surface area contributed by atoms with Crippen LogP contribution in [0, 0.1) is 23.7 Å². The second kappa shape index (κ2) is 74.8. The molecule has 0 saturated carbocycles.